The number of para-hydroxylation sites is 1. The summed E-state index contributed by atoms with van der Waals surface area (Å²) in [6.45, 7) is 0.437. The first-order valence-corrected chi connectivity index (χ1v) is 5.58. The number of rotatable bonds is 4. The summed E-state index contributed by atoms with van der Waals surface area (Å²) in [5.41, 5.74) is 1.09. The van der Waals surface area contributed by atoms with Crippen molar-refractivity contribution in [3.63, 3.8) is 0 Å². The number of amides is 1. The van der Waals surface area contributed by atoms with E-state index in [1.807, 2.05) is 12.1 Å². The number of carbonyl (C=O) groups is 1. The molecular formula is C12H14N4O2. The van der Waals surface area contributed by atoms with Gasteiger partial charge in [-0.1, -0.05) is 23.4 Å². The van der Waals surface area contributed by atoms with E-state index < -0.39 is 0 Å². The van der Waals surface area contributed by atoms with E-state index in [0.29, 0.717) is 13.0 Å². The number of aromatic hydroxyl groups is 1. The van der Waals surface area contributed by atoms with Crippen molar-refractivity contribution < 1.29 is 9.90 Å². The molecule has 0 aliphatic carbocycles. The van der Waals surface area contributed by atoms with Crippen molar-refractivity contribution in [2.75, 3.05) is 6.54 Å². The smallest absolute Gasteiger partial charge is 0.273 e. The maximum atomic E-state index is 11.6. The highest BCUT2D eigenvalue weighted by Crippen LogP contribution is 2.15. The maximum Gasteiger partial charge on any atom is 0.273 e. The maximum absolute atomic E-state index is 11.6. The Bertz CT molecular complexity index is 551. The summed E-state index contributed by atoms with van der Waals surface area (Å²) in [6, 6.07) is 7.06. The molecule has 0 atom stereocenters. The monoisotopic (exact) mass is 246 g/mol. The van der Waals surface area contributed by atoms with Crippen molar-refractivity contribution in [1.82, 2.24) is 20.3 Å². The van der Waals surface area contributed by atoms with Crippen LogP contribution in [0.5, 0.6) is 5.75 Å². The van der Waals surface area contributed by atoms with E-state index >= 15 is 0 Å². The zero-order chi connectivity index (χ0) is 13.0. The van der Waals surface area contributed by atoms with Crippen LogP contribution >= 0.6 is 0 Å². The number of benzene rings is 1. The SMILES string of the molecule is Cn1cc(C(=O)NCCc2ccccc2O)nn1. The molecular weight excluding hydrogens is 232 g/mol. The van der Waals surface area contributed by atoms with Gasteiger partial charge in [-0.25, -0.2) is 0 Å². The summed E-state index contributed by atoms with van der Waals surface area (Å²) in [5, 5.41) is 19.7. The second-order valence-electron chi connectivity index (χ2n) is 3.91. The van der Waals surface area contributed by atoms with Crippen molar-refractivity contribution in [3.8, 4) is 5.75 Å². The van der Waals surface area contributed by atoms with Gasteiger partial charge in [0.2, 0.25) is 0 Å². The molecule has 2 N–H and O–H groups in total. The lowest BCUT2D eigenvalue weighted by Crippen LogP contribution is -2.26. The number of phenolic OH excluding ortho intramolecular Hbond substituents is 1. The van der Waals surface area contributed by atoms with Crippen molar-refractivity contribution in [3.05, 3.63) is 41.7 Å². The molecule has 1 heterocycles. The zero-order valence-electron chi connectivity index (χ0n) is 10.00. The number of aryl methyl sites for hydroxylation is 1. The number of carbonyl (C=O) groups excluding carboxylic acids is 1. The minimum atomic E-state index is -0.265. The third-order valence-electron chi connectivity index (χ3n) is 2.51. The molecule has 6 heteroatoms. The average molecular weight is 246 g/mol. The number of nitrogens with zero attached hydrogens (tertiary/aromatic N) is 3. The lowest BCUT2D eigenvalue weighted by Gasteiger charge is -2.05. The Labute approximate surface area is 104 Å². The quantitative estimate of drug-likeness (QED) is 0.823. The van der Waals surface area contributed by atoms with Crippen LogP contribution in [0.3, 0.4) is 0 Å². The van der Waals surface area contributed by atoms with E-state index in [4.69, 9.17) is 0 Å². The van der Waals surface area contributed by atoms with Gasteiger partial charge >= 0.3 is 0 Å². The Hall–Kier alpha value is -2.37. The van der Waals surface area contributed by atoms with Gasteiger partial charge in [0.05, 0.1) is 6.20 Å². The predicted molar refractivity (Wildman–Crippen MR) is 65.1 cm³/mol. The van der Waals surface area contributed by atoms with Crippen LogP contribution in [-0.2, 0) is 13.5 Å². The van der Waals surface area contributed by atoms with Crippen molar-refractivity contribution in [1.29, 1.82) is 0 Å². The molecule has 2 aromatic rings. The Morgan fingerprint density at radius 1 is 1.44 bits per heavy atom. The Balaban J connectivity index is 1.86. The molecule has 1 amide bonds. The Kier molecular flexibility index (Phi) is 3.57. The molecule has 0 unspecified atom stereocenters. The number of aromatic nitrogens is 3. The molecule has 0 fully saturated rings. The first-order valence-electron chi connectivity index (χ1n) is 5.58. The van der Waals surface area contributed by atoms with Crippen LogP contribution in [-0.4, -0.2) is 32.6 Å². The minimum Gasteiger partial charge on any atom is -0.508 e. The third-order valence-corrected chi connectivity index (χ3v) is 2.51. The molecule has 0 saturated heterocycles. The first-order chi connectivity index (χ1) is 8.66. The molecule has 1 aromatic heterocycles. The summed E-state index contributed by atoms with van der Waals surface area (Å²) in [4.78, 5) is 11.6. The highest BCUT2D eigenvalue weighted by Gasteiger charge is 2.09. The van der Waals surface area contributed by atoms with Crippen LogP contribution in [0.15, 0.2) is 30.5 Å². The Morgan fingerprint density at radius 2 is 2.22 bits per heavy atom. The fraction of sp³-hybridized carbons (Fsp3) is 0.250. The van der Waals surface area contributed by atoms with E-state index in [1.54, 1.807) is 25.4 Å². The highest BCUT2D eigenvalue weighted by molar-refractivity contribution is 5.91. The van der Waals surface area contributed by atoms with E-state index in [2.05, 4.69) is 15.6 Å². The summed E-state index contributed by atoms with van der Waals surface area (Å²) < 4.78 is 1.47. The second kappa shape index (κ2) is 5.31. The standard InChI is InChI=1S/C12H14N4O2/c1-16-8-10(14-15-16)12(18)13-7-6-9-4-2-3-5-11(9)17/h2-5,8,17H,6-7H2,1H3,(H,13,18). The molecule has 6 nitrogen and oxygen atoms in total. The second-order valence-corrected chi connectivity index (χ2v) is 3.91. The first kappa shape index (κ1) is 12.1. The lowest BCUT2D eigenvalue weighted by atomic mass is 10.1. The lowest BCUT2D eigenvalue weighted by molar-refractivity contribution is 0.0949. The molecule has 0 radical (unpaired) electrons. The van der Waals surface area contributed by atoms with Gasteiger partial charge in [-0.15, -0.1) is 5.10 Å². The van der Waals surface area contributed by atoms with Gasteiger partial charge in [0.25, 0.3) is 5.91 Å². The molecule has 0 bridgehead atoms. The molecule has 0 aliphatic rings. The molecule has 18 heavy (non-hydrogen) atoms. The highest BCUT2D eigenvalue weighted by atomic mass is 16.3. The van der Waals surface area contributed by atoms with Gasteiger partial charge < -0.3 is 10.4 Å². The summed E-state index contributed by atoms with van der Waals surface area (Å²) in [5.74, 6) is -0.0234. The van der Waals surface area contributed by atoms with E-state index in [9.17, 15) is 9.90 Å². The molecule has 94 valence electrons. The zero-order valence-corrected chi connectivity index (χ0v) is 10.00. The predicted octanol–water partition coefficient (Wildman–Crippen LogP) is 0.493. The van der Waals surface area contributed by atoms with Crippen LogP contribution in [0.4, 0.5) is 0 Å². The van der Waals surface area contributed by atoms with E-state index in [-0.39, 0.29) is 17.4 Å². The largest absolute Gasteiger partial charge is 0.508 e. The summed E-state index contributed by atoms with van der Waals surface area (Å²) in [6.07, 6.45) is 2.12. The van der Waals surface area contributed by atoms with Crippen LogP contribution in [0.2, 0.25) is 0 Å². The minimum absolute atomic E-state index is 0.242. The molecule has 0 saturated carbocycles. The molecule has 0 aliphatic heterocycles. The number of hydrogen-bond acceptors (Lipinski definition) is 4. The van der Waals surface area contributed by atoms with Gasteiger partial charge in [-0.05, 0) is 18.1 Å². The van der Waals surface area contributed by atoms with Crippen molar-refractivity contribution in [2.24, 2.45) is 7.05 Å². The van der Waals surface area contributed by atoms with Crippen LogP contribution in [0, 0.1) is 0 Å². The van der Waals surface area contributed by atoms with Crippen molar-refractivity contribution >= 4 is 5.91 Å². The van der Waals surface area contributed by atoms with Gasteiger partial charge in [-0.2, -0.15) is 0 Å². The Morgan fingerprint density at radius 3 is 2.89 bits per heavy atom. The van der Waals surface area contributed by atoms with Crippen LogP contribution < -0.4 is 5.32 Å². The number of nitrogens with one attached hydrogen (secondary N) is 1. The topological polar surface area (TPSA) is 80.0 Å². The van der Waals surface area contributed by atoms with Crippen molar-refractivity contribution in [2.45, 2.75) is 6.42 Å². The molecule has 2 rings (SSSR count). The van der Waals surface area contributed by atoms with Crippen LogP contribution in [0.25, 0.3) is 0 Å². The average Bonchev–Trinajstić information content (AvgIpc) is 2.78. The number of hydrogen-bond donors (Lipinski definition) is 2. The fourth-order valence-electron chi connectivity index (χ4n) is 1.57. The van der Waals surface area contributed by atoms with E-state index in [1.165, 1.54) is 4.68 Å². The molecule has 1 aromatic carbocycles. The van der Waals surface area contributed by atoms with Gasteiger partial charge in [0.1, 0.15) is 5.75 Å². The van der Waals surface area contributed by atoms with Gasteiger partial charge in [-0.3, -0.25) is 9.48 Å². The number of phenols is 1. The van der Waals surface area contributed by atoms with Gasteiger partial charge in [0.15, 0.2) is 5.69 Å². The van der Waals surface area contributed by atoms with Gasteiger partial charge in [0, 0.05) is 13.6 Å². The third kappa shape index (κ3) is 2.85. The van der Waals surface area contributed by atoms with Crippen LogP contribution in [0.1, 0.15) is 16.1 Å². The summed E-state index contributed by atoms with van der Waals surface area (Å²) in [7, 11) is 1.70. The fourth-order valence-corrected chi connectivity index (χ4v) is 1.57. The normalized spacial score (nSPS) is 10.3. The molecule has 0 spiro atoms. The summed E-state index contributed by atoms with van der Waals surface area (Å²) >= 11 is 0. The van der Waals surface area contributed by atoms with E-state index in [0.717, 1.165) is 5.56 Å².